The number of benzene rings is 2. The molecule has 0 aliphatic carbocycles. The summed E-state index contributed by atoms with van der Waals surface area (Å²) in [5.41, 5.74) is 5.27. The van der Waals surface area contributed by atoms with Gasteiger partial charge in [0.15, 0.2) is 6.61 Å². The molecule has 0 unspecified atom stereocenters. The lowest BCUT2D eigenvalue weighted by Crippen LogP contribution is -2.25. The molecule has 2 rings (SSSR count). The molecule has 4 nitrogen and oxygen atoms in total. The van der Waals surface area contributed by atoms with E-state index in [-0.39, 0.29) is 12.5 Å². The maximum atomic E-state index is 11.8. The first-order valence-electron chi connectivity index (χ1n) is 6.94. The third-order valence-corrected chi connectivity index (χ3v) is 3.60. The van der Waals surface area contributed by atoms with Crippen LogP contribution in [-0.2, 0) is 4.79 Å². The summed E-state index contributed by atoms with van der Waals surface area (Å²) >= 11 is 11.8. The maximum absolute atomic E-state index is 11.8. The second kappa shape index (κ2) is 7.99. The number of carbonyl (C=O) groups is 1. The minimum atomic E-state index is -0.373. The Morgan fingerprint density at radius 1 is 1.17 bits per heavy atom. The highest BCUT2D eigenvalue weighted by Gasteiger charge is 2.06. The zero-order chi connectivity index (χ0) is 16.8. The Morgan fingerprint density at radius 3 is 2.52 bits per heavy atom. The molecule has 0 saturated heterocycles. The Balaban J connectivity index is 1.89. The zero-order valence-corrected chi connectivity index (χ0v) is 14.3. The number of rotatable bonds is 5. The molecule has 0 fully saturated rings. The number of halogens is 2. The summed E-state index contributed by atoms with van der Waals surface area (Å²) in [7, 11) is 0. The van der Waals surface area contributed by atoms with Gasteiger partial charge in [-0.2, -0.15) is 5.10 Å². The molecule has 0 aliphatic rings. The van der Waals surface area contributed by atoms with Crippen molar-refractivity contribution in [3.63, 3.8) is 0 Å². The van der Waals surface area contributed by atoms with E-state index >= 15 is 0 Å². The lowest BCUT2D eigenvalue weighted by Gasteiger charge is -2.07. The average molecular weight is 351 g/mol. The first-order chi connectivity index (χ1) is 11.0. The van der Waals surface area contributed by atoms with E-state index < -0.39 is 0 Å². The predicted octanol–water partition coefficient (Wildman–Crippen LogP) is 4.22. The third-order valence-electron chi connectivity index (χ3n) is 3.07. The molecule has 0 atom stereocenters. The molecule has 0 saturated carbocycles. The van der Waals surface area contributed by atoms with Crippen LogP contribution in [0.2, 0.25) is 10.0 Å². The van der Waals surface area contributed by atoms with Gasteiger partial charge in [0.05, 0.1) is 10.7 Å². The summed E-state index contributed by atoms with van der Waals surface area (Å²) in [5.74, 6) is 0.0212. The van der Waals surface area contributed by atoms with Crippen molar-refractivity contribution in [1.29, 1.82) is 0 Å². The molecule has 120 valence electrons. The summed E-state index contributed by atoms with van der Waals surface area (Å²) in [6.07, 6.45) is 0. The molecule has 0 bridgehead atoms. The van der Waals surface area contributed by atoms with Crippen LogP contribution in [0.25, 0.3) is 0 Å². The van der Waals surface area contributed by atoms with Crippen LogP contribution in [0.4, 0.5) is 0 Å². The fourth-order valence-electron chi connectivity index (χ4n) is 1.77. The summed E-state index contributed by atoms with van der Waals surface area (Å²) in [6.45, 7) is 3.64. The molecule has 1 amide bonds. The van der Waals surface area contributed by atoms with E-state index in [4.69, 9.17) is 27.9 Å². The molecule has 0 aliphatic heterocycles. The van der Waals surface area contributed by atoms with Gasteiger partial charge in [0, 0.05) is 5.02 Å². The van der Waals surface area contributed by atoms with Crippen molar-refractivity contribution in [1.82, 2.24) is 5.43 Å². The lowest BCUT2D eigenvalue weighted by molar-refractivity contribution is -0.123. The molecular formula is C17H16Cl2N2O2. The van der Waals surface area contributed by atoms with Crippen molar-refractivity contribution in [2.45, 2.75) is 13.8 Å². The highest BCUT2D eigenvalue weighted by molar-refractivity contribution is 6.35. The molecule has 23 heavy (non-hydrogen) atoms. The van der Waals surface area contributed by atoms with Crippen LogP contribution in [-0.4, -0.2) is 18.2 Å². The van der Waals surface area contributed by atoms with Crippen LogP contribution in [0.15, 0.2) is 47.6 Å². The number of nitrogens with one attached hydrogen (secondary N) is 1. The number of hydrogen-bond acceptors (Lipinski definition) is 3. The fourth-order valence-corrected chi connectivity index (χ4v) is 2.24. The Bertz CT molecular complexity index is 728. The van der Waals surface area contributed by atoms with Crippen LogP contribution in [0.5, 0.6) is 5.75 Å². The number of ether oxygens (including phenoxy) is 1. The Morgan fingerprint density at radius 2 is 1.87 bits per heavy atom. The van der Waals surface area contributed by atoms with Gasteiger partial charge in [-0.05, 0) is 37.6 Å². The summed E-state index contributed by atoms with van der Waals surface area (Å²) in [6, 6.07) is 12.7. The van der Waals surface area contributed by atoms with Gasteiger partial charge in [-0.15, -0.1) is 0 Å². The van der Waals surface area contributed by atoms with E-state index in [0.29, 0.717) is 21.5 Å². The normalized spacial score (nSPS) is 11.2. The monoisotopic (exact) mass is 350 g/mol. The van der Waals surface area contributed by atoms with Crippen LogP contribution in [0.1, 0.15) is 18.1 Å². The Hall–Kier alpha value is -2.04. The van der Waals surface area contributed by atoms with E-state index in [1.807, 2.05) is 38.1 Å². The van der Waals surface area contributed by atoms with Crippen molar-refractivity contribution < 1.29 is 9.53 Å². The SMILES string of the molecule is C/C(=N\NC(=O)COc1ccc(Cl)cc1Cl)c1ccc(C)cc1. The highest BCUT2D eigenvalue weighted by Crippen LogP contribution is 2.27. The number of nitrogens with zero attached hydrogens (tertiary/aromatic N) is 1. The van der Waals surface area contributed by atoms with Gasteiger partial charge in [0.1, 0.15) is 5.75 Å². The minimum Gasteiger partial charge on any atom is -0.482 e. The number of carbonyl (C=O) groups excluding carboxylic acids is 1. The number of hydrazone groups is 1. The number of aryl methyl sites for hydroxylation is 1. The van der Waals surface area contributed by atoms with Gasteiger partial charge < -0.3 is 4.74 Å². The van der Waals surface area contributed by atoms with Crippen molar-refractivity contribution in [2.75, 3.05) is 6.61 Å². The van der Waals surface area contributed by atoms with E-state index in [2.05, 4.69) is 10.5 Å². The van der Waals surface area contributed by atoms with Crippen molar-refractivity contribution in [2.24, 2.45) is 5.10 Å². The second-order valence-electron chi connectivity index (χ2n) is 4.96. The predicted molar refractivity (Wildman–Crippen MR) is 93.5 cm³/mol. The molecule has 0 heterocycles. The molecule has 6 heteroatoms. The van der Waals surface area contributed by atoms with Gasteiger partial charge in [-0.3, -0.25) is 4.79 Å². The van der Waals surface area contributed by atoms with E-state index in [1.54, 1.807) is 18.2 Å². The van der Waals surface area contributed by atoms with E-state index in [0.717, 1.165) is 5.56 Å². The van der Waals surface area contributed by atoms with Gasteiger partial charge in [0.2, 0.25) is 0 Å². The van der Waals surface area contributed by atoms with E-state index in [1.165, 1.54) is 5.56 Å². The summed E-state index contributed by atoms with van der Waals surface area (Å²) < 4.78 is 5.34. The van der Waals surface area contributed by atoms with Crippen molar-refractivity contribution >= 4 is 34.8 Å². The molecular weight excluding hydrogens is 335 g/mol. The molecule has 0 radical (unpaired) electrons. The highest BCUT2D eigenvalue weighted by atomic mass is 35.5. The van der Waals surface area contributed by atoms with Crippen molar-refractivity contribution in [3.05, 3.63) is 63.6 Å². The standard InChI is InChI=1S/C17H16Cl2N2O2/c1-11-3-5-13(6-4-11)12(2)20-21-17(22)10-23-16-8-7-14(18)9-15(16)19/h3-9H,10H2,1-2H3,(H,21,22)/b20-12+. The van der Waals surface area contributed by atoms with Crippen LogP contribution < -0.4 is 10.2 Å². The van der Waals surface area contributed by atoms with Gasteiger partial charge in [-0.1, -0.05) is 53.0 Å². The Labute approximate surface area is 145 Å². The quantitative estimate of drug-likeness (QED) is 0.648. The second-order valence-corrected chi connectivity index (χ2v) is 5.81. The third kappa shape index (κ3) is 5.27. The smallest absolute Gasteiger partial charge is 0.277 e. The van der Waals surface area contributed by atoms with Gasteiger partial charge in [0.25, 0.3) is 5.91 Å². The molecule has 1 N–H and O–H groups in total. The summed E-state index contributed by atoms with van der Waals surface area (Å²) in [5, 5.41) is 4.91. The zero-order valence-electron chi connectivity index (χ0n) is 12.8. The molecule has 2 aromatic rings. The number of amides is 1. The van der Waals surface area contributed by atoms with Crippen LogP contribution in [0, 0.1) is 6.92 Å². The first kappa shape index (κ1) is 17.3. The lowest BCUT2D eigenvalue weighted by atomic mass is 10.1. The fraction of sp³-hybridized carbons (Fsp3) is 0.176. The molecule has 2 aromatic carbocycles. The maximum Gasteiger partial charge on any atom is 0.277 e. The minimum absolute atomic E-state index is 0.188. The largest absolute Gasteiger partial charge is 0.482 e. The molecule has 0 aromatic heterocycles. The topological polar surface area (TPSA) is 50.7 Å². The van der Waals surface area contributed by atoms with Crippen LogP contribution in [0.3, 0.4) is 0 Å². The number of hydrogen-bond donors (Lipinski definition) is 1. The first-order valence-corrected chi connectivity index (χ1v) is 7.69. The molecule has 0 spiro atoms. The van der Waals surface area contributed by atoms with Crippen LogP contribution >= 0.6 is 23.2 Å². The Kier molecular flexibility index (Phi) is 6.02. The van der Waals surface area contributed by atoms with Gasteiger partial charge >= 0.3 is 0 Å². The van der Waals surface area contributed by atoms with E-state index in [9.17, 15) is 4.79 Å². The van der Waals surface area contributed by atoms with Gasteiger partial charge in [-0.25, -0.2) is 5.43 Å². The van der Waals surface area contributed by atoms with Crippen molar-refractivity contribution in [3.8, 4) is 5.75 Å². The average Bonchev–Trinajstić information content (AvgIpc) is 2.52. The summed E-state index contributed by atoms with van der Waals surface area (Å²) in [4.78, 5) is 11.8.